The second-order valence-electron chi connectivity index (χ2n) is 4.41. The predicted molar refractivity (Wildman–Crippen MR) is 51.9 cm³/mol. The van der Waals surface area contributed by atoms with Crippen LogP contribution in [-0.2, 0) is 0 Å². The summed E-state index contributed by atoms with van der Waals surface area (Å²) in [6.07, 6.45) is 4.17. The van der Waals surface area contributed by atoms with E-state index in [1.807, 2.05) is 0 Å². The lowest BCUT2D eigenvalue weighted by molar-refractivity contribution is 0.196. The number of nitrogens with one attached hydrogen (secondary N) is 1. The molecule has 11 heavy (non-hydrogen) atoms. The highest BCUT2D eigenvalue weighted by atomic mass is 28.3. The Hall–Kier alpha value is 0.137. The van der Waals surface area contributed by atoms with Crippen LogP contribution in [0.5, 0.6) is 0 Å². The lowest BCUT2D eigenvalue weighted by Crippen LogP contribution is -2.54. The van der Waals surface area contributed by atoms with E-state index in [4.69, 9.17) is 0 Å². The van der Waals surface area contributed by atoms with Crippen molar-refractivity contribution < 1.29 is 0 Å². The average Bonchev–Trinajstić information content (AvgIpc) is 1.85. The summed E-state index contributed by atoms with van der Waals surface area (Å²) < 4.78 is 0. The van der Waals surface area contributed by atoms with Gasteiger partial charge < -0.3 is 0 Å². The highest BCUT2D eigenvalue weighted by molar-refractivity contribution is 6.73. The molecule has 0 aliphatic carbocycles. The van der Waals surface area contributed by atoms with Crippen molar-refractivity contribution in [2.24, 2.45) is 0 Å². The normalized spacial score (nSPS) is 22.1. The van der Waals surface area contributed by atoms with Crippen molar-refractivity contribution in [1.82, 2.24) is 10.1 Å². The zero-order chi connectivity index (χ0) is 8.32. The summed E-state index contributed by atoms with van der Waals surface area (Å²) in [5.74, 6) is 0. The molecule has 1 heterocycles. The molecule has 0 radical (unpaired) electrons. The maximum absolute atomic E-state index is 3.63. The molecule has 3 heteroatoms. The van der Waals surface area contributed by atoms with Gasteiger partial charge in [0.1, 0.15) is 8.24 Å². The number of nitrogens with zero attached hydrogens (tertiary/aromatic N) is 1. The zero-order valence-electron chi connectivity index (χ0n) is 7.98. The van der Waals surface area contributed by atoms with E-state index < -0.39 is 8.24 Å². The molecule has 0 saturated carbocycles. The molecule has 0 aromatic rings. The second kappa shape index (κ2) is 3.69. The van der Waals surface area contributed by atoms with Crippen LogP contribution in [0.15, 0.2) is 0 Å². The van der Waals surface area contributed by atoms with E-state index in [-0.39, 0.29) is 0 Å². The van der Waals surface area contributed by atoms with Gasteiger partial charge in [-0.25, -0.2) is 0 Å². The van der Waals surface area contributed by atoms with E-state index in [1.165, 1.54) is 32.4 Å². The third-order valence-corrected chi connectivity index (χ3v) is 2.84. The van der Waals surface area contributed by atoms with E-state index in [0.717, 1.165) is 0 Å². The van der Waals surface area contributed by atoms with Crippen molar-refractivity contribution in [2.75, 3.05) is 13.1 Å². The summed E-state index contributed by atoms with van der Waals surface area (Å²) in [5.41, 5.74) is 0. The summed E-state index contributed by atoms with van der Waals surface area (Å²) in [6.45, 7) is 9.55. The van der Waals surface area contributed by atoms with Crippen molar-refractivity contribution >= 4 is 8.24 Å². The molecule has 0 atom stereocenters. The van der Waals surface area contributed by atoms with Crippen LogP contribution in [0.3, 0.4) is 0 Å². The Bertz CT molecular complexity index is 114. The van der Waals surface area contributed by atoms with Gasteiger partial charge in [-0.15, -0.1) is 0 Å². The van der Waals surface area contributed by atoms with E-state index in [0.29, 0.717) is 0 Å². The molecule has 1 rings (SSSR count). The molecule has 0 aromatic carbocycles. The third kappa shape index (κ3) is 3.89. The molecule has 1 aliphatic rings. The summed E-state index contributed by atoms with van der Waals surface area (Å²) in [7, 11) is -1.07. The first kappa shape index (κ1) is 9.23. The molecule has 0 amide bonds. The van der Waals surface area contributed by atoms with Crippen LogP contribution >= 0.6 is 0 Å². The molecule has 1 saturated heterocycles. The smallest absolute Gasteiger partial charge is 0.132 e. The fraction of sp³-hybridized carbons (Fsp3) is 1.00. The molecule has 0 aromatic heterocycles. The summed E-state index contributed by atoms with van der Waals surface area (Å²) >= 11 is 0. The van der Waals surface area contributed by atoms with Gasteiger partial charge in [-0.2, -0.15) is 0 Å². The largest absolute Gasteiger partial charge is 0.277 e. The topological polar surface area (TPSA) is 15.3 Å². The first-order valence-electron chi connectivity index (χ1n) is 4.61. The lowest BCUT2D eigenvalue weighted by atomic mass is 10.2. The Balaban J connectivity index is 2.24. The Kier molecular flexibility index (Phi) is 3.10. The van der Waals surface area contributed by atoms with E-state index in [2.05, 4.69) is 29.7 Å². The van der Waals surface area contributed by atoms with Crippen LogP contribution in [0.25, 0.3) is 0 Å². The average molecular weight is 172 g/mol. The number of piperidine rings is 1. The van der Waals surface area contributed by atoms with Gasteiger partial charge in [-0.05, 0) is 12.8 Å². The molecule has 0 spiro atoms. The molecule has 0 bridgehead atoms. The second-order valence-corrected chi connectivity index (χ2v) is 9.13. The minimum absolute atomic E-state index is 1.07. The lowest BCUT2D eigenvalue weighted by Gasteiger charge is -2.33. The van der Waals surface area contributed by atoms with Gasteiger partial charge in [0.15, 0.2) is 0 Å². The van der Waals surface area contributed by atoms with Crippen LogP contribution in [0.4, 0.5) is 0 Å². The SMILES string of the molecule is C[Si](C)(C)NN1CCCCC1. The molecular formula is C8H20N2Si. The number of rotatable bonds is 2. The van der Waals surface area contributed by atoms with Crippen LogP contribution < -0.4 is 5.09 Å². The summed E-state index contributed by atoms with van der Waals surface area (Å²) in [4.78, 5) is 0. The highest BCUT2D eigenvalue weighted by Crippen LogP contribution is 2.08. The maximum atomic E-state index is 3.63. The van der Waals surface area contributed by atoms with Gasteiger partial charge in [-0.3, -0.25) is 10.1 Å². The van der Waals surface area contributed by atoms with Gasteiger partial charge in [0.05, 0.1) is 0 Å². The van der Waals surface area contributed by atoms with Gasteiger partial charge in [-0.1, -0.05) is 26.1 Å². The fourth-order valence-corrected chi connectivity index (χ4v) is 2.65. The van der Waals surface area contributed by atoms with Gasteiger partial charge in [0.25, 0.3) is 0 Å². The monoisotopic (exact) mass is 172 g/mol. The molecule has 2 nitrogen and oxygen atoms in total. The first-order valence-corrected chi connectivity index (χ1v) is 8.11. The molecule has 1 N–H and O–H groups in total. The number of hydrogen-bond acceptors (Lipinski definition) is 2. The van der Waals surface area contributed by atoms with Crippen LogP contribution in [0, 0.1) is 0 Å². The number of hydrazine groups is 1. The van der Waals surface area contributed by atoms with Gasteiger partial charge in [0, 0.05) is 13.1 Å². The predicted octanol–water partition coefficient (Wildman–Crippen LogP) is 1.81. The van der Waals surface area contributed by atoms with Gasteiger partial charge >= 0.3 is 0 Å². The Morgan fingerprint density at radius 2 is 1.55 bits per heavy atom. The third-order valence-electron chi connectivity index (χ3n) is 1.85. The van der Waals surface area contributed by atoms with Crippen LogP contribution in [0.2, 0.25) is 19.6 Å². The minimum atomic E-state index is -1.07. The molecular weight excluding hydrogens is 152 g/mol. The zero-order valence-corrected chi connectivity index (χ0v) is 8.98. The van der Waals surface area contributed by atoms with Gasteiger partial charge in [0.2, 0.25) is 0 Å². The minimum Gasteiger partial charge on any atom is -0.277 e. The quantitative estimate of drug-likeness (QED) is 0.639. The van der Waals surface area contributed by atoms with E-state index >= 15 is 0 Å². The van der Waals surface area contributed by atoms with Crippen LogP contribution in [-0.4, -0.2) is 26.3 Å². The van der Waals surface area contributed by atoms with E-state index in [9.17, 15) is 0 Å². The summed E-state index contributed by atoms with van der Waals surface area (Å²) in [5, 5.41) is 6.04. The molecule has 1 aliphatic heterocycles. The molecule has 0 unspecified atom stereocenters. The number of hydrogen-bond donors (Lipinski definition) is 1. The molecule has 1 fully saturated rings. The van der Waals surface area contributed by atoms with E-state index in [1.54, 1.807) is 0 Å². The first-order chi connectivity index (χ1) is 5.08. The van der Waals surface area contributed by atoms with Crippen molar-refractivity contribution in [2.45, 2.75) is 38.9 Å². The van der Waals surface area contributed by atoms with Crippen molar-refractivity contribution in [3.05, 3.63) is 0 Å². The van der Waals surface area contributed by atoms with Crippen molar-refractivity contribution in [3.63, 3.8) is 0 Å². The van der Waals surface area contributed by atoms with Crippen molar-refractivity contribution in [3.8, 4) is 0 Å². The standard InChI is InChI=1S/C8H20N2Si/c1-11(2,3)9-10-7-5-4-6-8-10/h9H,4-8H2,1-3H3. The Morgan fingerprint density at radius 1 is 1.00 bits per heavy atom. The van der Waals surface area contributed by atoms with Crippen molar-refractivity contribution in [1.29, 1.82) is 0 Å². The Labute approximate surface area is 71.0 Å². The molecule has 66 valence electrons. The maximum Gasteiger partial charge on any atom is 0.132 e. The fourth-order valence-electron chi connectivity index (χ4n) is 1.48. The van der Waals surface area contributed by atoms with Crippen LogP contribution in [0.1, 0.15) is 19.3 Å². The Morgan fingerprint density at radius 3 is 2.00 bits per heavy atom. The highest BCUT2D eigenvalue weighted by Gasteiger charge is 2.18. The summed E-state index contributed by atoms with van der Waals surface area (Å²) in [6, 6.07) is 0.